The SMILES string of the molecule is Cc1nc(COc2ccccc2C(=O)NC2CCCC2)no1. The Kier molecular flexibility index (Phi) is 4.37. The summed E-state index contributed by atoms with van der Waals surface area (Å²) < 4.78 is 10.6. The van der Waals surface area contributed by atoms with Gasteiger partial charge in [-0.15, -0.1) is 0 Å². The Morgan fingerprint density at radius 1 is 1.36 bits per heavy atom. The number of nitrogens with one attached hydrogen (secondary N) is 1. The van der Waals surface area contributed by atoms with E-state index in [1.165, 1.54) is 12.8 Å². The van der Waals surface area contributed by atoms with Gasteiger partial charge in [0.05, 0.1) is 5.56 Å². The topological polar surface area (TPSA) is 77.2 Å². The van der Waals surface area contributed by atoms with Crippen LogP contribution in [0.25, 0.3) is 0 Å². The molecule has 1 amide bonds. The lowest BCUT2D eigenvalue weighted by Crippen LogP contribution is -2.32. The third-order valence-corrected chi connectivity index (χ3v) is 3.75. The molecular weight excluding hydrogens is 282 g/mol. The van der Waals surface area contributed by atoms with Gasteiger partial charge in [0.1, 0.15) is 5.75 Å². The van der Waals surface area contributed by atoms with Crippen LogP contribution in [0.2, 0.25) is 0 Å². The van der Waals surface area contributed by atoms with Crippen LogP contribution < -0.4 is 10.1 Å². The van der Waals surface area contributed by atoms with Crippen LogP contribution in [0.1, 0.15) is 47.8 Å². The molecule has 0 spiro atoms. The van der Waals surface area contributed by atoms with E-state index < -0.39 is 0 Å². The molecule has 116 valence electrons. The fourth-order valence-electron chi connectivity index (χ4n) is 2.66. The molecule has 0 aliphatic heterocycles. The lowest BCUT2D eigenvalue weighted by Gasteiger charge is -2.14. The molecule has 22 heavy (non-hydrogen) atoms. The fraction of sp³-hybridized carbons (Fsp3) is 0.438. The van der Waals surface area contributed by atoms with E-state index in [0.29, 0.717) is 23.0 Å². The minimum absolute atomic E-state index is 0.0909. The van der Waals surface area contributed by atoms with Gasteiger partial charge in [-0.2, -0.15) is 4.98 Å². The number of aryl methyl sites for hydroxylation is 1. The number of ether oxygens (including phenoxy) is 1. The van der Waals surface area contributed by atoms with Crippen LogP contribution in [0.15, 0.2) is 28.8 Å². The zero-order valence-corrected chi connectivity index (χ0v) is 12.5. The van der Waals surface area contributed by atoms with Crippen molar-refractivity contribution in [2.24, 2.45) is 0 Å². The number of rotatable bonds is 5. The summed E-state index contributed by atoms with van der Waals surface area (Å²) >= 11 is 0. The summed E-state index contributed by atoms with van der Waals surface area (Å²) in [6, 6.07) is 7.48. The zero-order valence-electron chi connectivity index (χ0n) is 12.5. The van der Waals surface area contributed by atoms with Crippen molar-refractivity contribution in [2.75, 3.05) is 0 Å². The van der Waals surface area contributed by atoms with Gasteiger partial charge in [-0.1, -0.05) is 30.1 Å². The lowest BCUT2D eigenvalue weighted by atomic mass is 10.1. The molecular formula is C16H19N3O3. The van der Waals surface area contributed by atoms with Crippen molar-refractivity contribution in [3.63, 3.8) is 0 Å². The van der Waals surface area contributed by atoms with Crippen molar-refractivity contribution >= 4 is 5.91 Å². The number of nitrogens with zero attached hydrogens (tertiary/aromatic N) is 2. The molecule has 1 heterocycles. The zero-order chi connectivity index (χ0) is 15.4. The second kappa shape index (κ2) is 6.60. The van der Waals surface area contributed by atoms with Gasteiger partial charge in [-0.05, 0) is 25.0 Å². The molecule has 1 fully saturated rings. The highest BCUT2D eigenvalue weighted by Crippen LogP contribution is 2.22. The molecule has 1 aliphatic rings. The molecule has 0 bridgehead atoms. The van der Waals surface area contributed by atoms with Crippen LogP contribution in [-0.2, 0) is 6.61 Å². The van der Waals surface area contributed by atoms with Gasteiger partial charge in [-0.3, -0.25) is 4.79 Å². The summed E-state index contributed by atoms with van der Waals surface area (Å²) in [5.74, 6) is 1.39. The molecule has 1 aliphatic carbocycles. The van der Waals surface area contributed by atoms with Crippen LogP contribution in [0.5, 0.6) is 5.75 Å². The maximum Gasteiger partial charge on any atom is 0.255 e. The Labute approximate surface area is 128 Å². The standard InChI is InChI=1S/C16H19N3O3/c1-11-17-15(19-22-11)10-21-14-9-5-4-8-13(14)16(20)18-12-6-2-3-7-12/h4-5,8-9,12H,2-3,6-7,10H2,1H3,(H,18,20). The molecule has 0 unspecified atom stereocenters. The Bertz CT molecular complexity index is 648. The predicted molar refractivity (Wildman–Crippen MR) is 79.5 cm³/mol. The second-order valence-corrected chi connectivity index (χ2v) is 5.47. The van der Waals surface area contributed by atoms with Crippen LogP contribution in [0.4, 0.5) is 0 Å². The molecule has 1 N–H and O–H groups in total. The van der Waals surface area contributed by atoms with Crippen molar-refractivity contribution < 1.29 is 14.1 Å². The molecule has 2 aromatic rings. The highest BCUT2D eigenvalue weighted by atomic mass is 16.5. The molecule has 1 aromatic heterocycles. The van der Waals surface area contributed by atoms with Gasteiger partial charge in [-0.25, -0.2) is 0 Å². The molecule has 1 aromatic carbocycles. The van der Waals surface area contributed by atoms with Crippen molar-refractivity contribution in [1.29, 1.82) is 0 Å². The van der Waals surface area contributed by atoms with Gasteiger partial charge in [0.2, 0.25) is 11.7 Å². The molecule has 6 heteroatoms. The Balaban J connectivity index is 1.67. The number of benzene rings is 1. The van der Waals surface area contributed by atoms with Gasteiger partial charge in [0, 0.05) is 13.0 Å². The van der Waals surface area contributed by atoms with E-state index in [2.05, 4.69) is 15.5 Å². The average Bonchev–Trinajstić information content (AvgIpc) is 3.17. The van der Waals surface area contributed by atoms with E-state index in [4.69, 9.17) is 9.26 Å². The normalized spacial score (nSPS) is 15.0. The highest BCUT2D eigenvalue weighted by molar-refractivity contribution is 5.97. The Hall–Kier alpha value is -2.37. The van der Waals surface area contributed by atoms with E-state index in [1.807, 2.05) is 12.1 Å². The number of carbonyl (C=O) groups is 1. The first-order chi connectivity index (χ1) is 10.7. The first-order valence-electron chi connectivity index (χ1n) is 7.54. The van der Waals surface area contributed by atoms with Crippen molar-refractivity contribution in [3.8, 4) is 5.75 Å². The highest BCUT2D eigenvalue weighted by Gasteiger charge is 2.20. The molecule has 0 atom stereocenters. The largest absolute Gasteiger partial charge is 0.485 e. The van der Waals surface area contributed by atoms with E-state index in [9.17, 15) is 4.79 Å². The van der Waals surface area contributed by atoms with Gasteiger partial charge in [0.15, 0.2) is 6.61 Å². The van der Waals surface area contributed by atoms with Crippen molar-refractivity contribution in [1.82, 2.24) is 15.5 Å². The van der Waals surface area contributed by atoms with Crippen molar-refractivity contribution in [3.05, 3.63) is 41.5 Å². The predicted octanol–water partition coefficient (Wildman–Crippen LogP) is 2.63. The van der Waals surface area contributed by atoms with Crippen LogP contribution >= 0.6 is 0 Å². The second-order valence-electron chi connectivity index (χ2n) is 5.47. The minimum atomic E-state index is -0.0909. The number of para-hydroxylation sites is 1. The lowest BCUT2D eigenvalue weighted by molar-refractivity contribution is 0.0933. The average molecular weight is 301 g/mol. The van der Waals surface area contributed by atoms with Gasteiger partial charge in [0.25, 0.3) is 5.91 Å². The maximum atomic E-state index is 12.4. The summed E-state index contributed by atoms with van der Waals surface area (Å²) in [4.78, 5) is 16.5. The third-order valence-electron chi connectivity index (χ3n) is 3.75. The maximum absolute atomic E-state index is 12.4. The summed E-state index contributed by atoms with van der Waals surface area (Å²) in [7, 11) is 0. The van der Waals surface area contributed by atoms with Crippen LogP contribution in [-0.4, -0.2) is 22.1 Å². The Morgan fingerprint density at radius 2 is 2.14 bits per heavy atom. The van der Waals surface area contributed by atoms with E-state index in [1.54, 1.807) is 19.1 Å². The quantitative estimate of drug-likeness (QED) is 0.918. The number of hydrogen-bond acceptors (Lipinski definition) is 5. The van der Waals surface area contributed by atoms with E-state index in [0.717, 1.165) is 12.8 Å². The summed E-state index contributed by atoms with van der Waals surface area (Å²) in [5.41, 5.74) is 0.537. The number of amides is 1. The molecule has 0 radical (unpaired) electrons. The molecule has 3 rings (SSSR count). The third kappa shape index (κ3) is 3.44. The van der Waals surface area contributed by atoms with Gasteiger partial charge < -0.3 is 14.6 Å². The van der Waals surface area contributed by atoms with Crippen LogP contribution in [0, 0.1) is 6.92 Å². The smallest absolute Gasteiger partial charge is 0.255 e. The first kappa shape index (κ1) is 14.6. The minimum Gasteiger partial charge on any atom is -0.485 e. The summed E-state index contributed by atoms with van der Waals surface area (Å²) in [6.45, 7) is 1.89. The van der Waals surface area contributed by atoms with Gasteiger partial charge >= 0.3 is 0 Å². The number of carbonyl (C=O) groups excluding carboxylic acids is 1. The molecule has 1 saturated carbocycles. The monoisotopic (exact) mass is 301 g/mol. The molecule has 6 nitrogen and oxygen atoms in total. The summed E-state index contributed by atoms with van der Waals surface area (Å²) in [5, 5.41) is 6.85. The fourth-order valence-corrected chi connectivity index (χ4v) is 2.66. The first-order valence-corrected chi connectivity index (χ1v) is 7.54. The number of aromatic nitrogens is 2. The van der Waals surface area contributed by atoms with E-state index in [-0.39, 0.29) is 18.6 Å². The Morgan fingerprint density at radius 3 is 2.86 bits per heavy atom. The van der Waals surface area contributed by atoms with Crippen molar-refractivity contribution in [2.45, 2.75) is 45.3 Å². The summed E-state index contributed by atoms with van der Waals surface area (Å²) in [6.07, 6.45) is 4.47. The van der Waals surface area contributed by atoms with E-state index >= 15 is 0 Å². The number of hydrogen-bond donors (Lipinski definition) is 1. The molecule has 0 saturated heterocycles. The van der Waals surface area contributed by atoms with Crippen LogP contribution in [0.3, 0.4) is 0 Å².